The number of rotatable bonds is 5. The van der Waals surface area contributed by atoms with Crippen molar-refractivity contribution in [1.29, 1.82) is 0 Å². The summed E-state index contributed by atoms with van der Waals surface area (Å²) < 4.78 is 0.858. The van der Waals surface area contributed by atoms with E-state index in [1.54, 1.807) is 36.4 Å². The average Bonchev–Trinajstić information content (AvgIpc) is 2.91. The fraction of sp³-hybridized carbons (Fsp3) is 0.200. The van der Waals surface area contributed by atoms with E-state index in [2.05, 4.69) is 15.9 Å². The zero-order valence-corrected chi connectivity index (χ0v) is 16.6. The van der Waals surface area contributed by atoms with Crippen molar-refractivity contribution in [3.05, 3.63) is 74.7 Å². The predicted octanol–water partition coefficient (Wildman–Crippen LogP) is 3.91. The normalized spacial score (nSPS) is 18.9. The van der Waals surface area contributed by atoms with E-state index in [0.717, 1.165) is 4.47 Å². The highest BCUT2D eigenvalue weighted by Gasteiger charge is 2.45. The molecule has 0 saturated carbocycles. The van der Waals surface area contributed by atoms with E-state index in [1.807, 2.05) is 12.1 Å². The van der Waals surface area contributed by atoms with Gasteiger partial charge in [0, 0.05) is 28.2 Å². The van der Waals surface area contributed by atoms with Gasteiger partial charge in [-0.2, -0.15) is 0 Å². The third-order valence-electron chi connectivity index (χ3n) is 4.40. The highest BCUT2D eigenvalue weighted by molar-refractivity contribution is 9.10. The summed E-state index contributed by atoms with van der Waals surface area (Å²) in [6, 6.07) is 12.9. The van der Waals surface area contributed by atoms with Crippen LogP contribution in [0.25, 0.3) is 5.76 Å². The number of amides is 1. The maximum absolute atomic E-state index is 12.7. The number of aliphatic hydroxyl groups is 2. The molecule has 1 saturated heterocycles. The monoisotopic (exact) mass is 449 g/mol. The largest absolute Gasteiger partial charge is 0.507 e. The number of ketones is 1. The Morgan fingerprint density at radius 3 is 2.30 bits per heavy atom. The van der Waals surface area contributed by atoms with Gasteiger partial charge < -0.3 is 15.1 Å². The van der Waals surface area contributed by atoms with Crippen molar-refractivity contribution in [2.45, 2.75) is 12.5 Å². The van der Waals surface area contributed by atoms with Crippen LogP contribution in [-0.2, 0) is 9.59 Å². The van der Waals surface area contributed by atoms with Gasteiger partial charge in [-0.05, 0) is 48.4 Å². The minimum atomic E-state index is -0.742. The summed E-state index contributed by atoms with van der Waals surface area (Å²) in [5, 5.41) is 20.5. The second-order valence-corrected chi connectivity index (χ2v) is 7.48. The van der Waals surface area contributed by atoms with Gasteiger partial charge in [-0.1, -0.05) is 39.7 Å². The molecule has 0 unspecified atom stereocenters. The number of likely N-dealkylation sites (tertiary alicyclic amines) is 1. The number of hydrogen-bond donors (Lipinski definition) is 2. The molecular formula is C20H17BrClNO4. The van der Waals surface area contributed by atoms with Crippen LogP contribution in [0.1, 0.15) is 23.6 Å². The van der Waals surface area contributed by atoms with E-state index < -0.39 is 17.7 Å². The average molecular weight is 451 g/mol. The van der Waals surface area contributed by atoms with E-state index in [1.165, 1.54) is 4.90 Å². The molecule has 7 heteroatoms. The number of Topliss-reactive ketones (excluding diaryl/α,β-unsaturated/α-hetero) is 1. The fourth-order valence-electron chi connectivity index (χ4n) is 3.11. The van der Waals surface area contributed by atoms with Gasteiger partial charge in [-0.3, -0.25) is 9.59 Å². The van der Waals surface area contributed by atoms with Crippen molar-refractivity contribution >= 4 is 45.0 Å². The second-order valence-electron chi connectivity index (χ2n) is 6.13. The van der Waals surface area contributed by atoms with Gasteiger partial charge in [0.25, 0.3) is 11.7 Å². The standard InChI is InChI=1S/C20H17BrClNO4/c21-14-6-2-12(3-7-14)17-16(18(25)13-4-8-15(22)9-5-13)19(26)20(27)23(17)10-1-11-24/h2-9,17,24-25H,1,10-11H2/b18-16+/t17-/m1/s1. The fourth-order valence-corrected chi connectivity index (χ4v) is 3.50. The Bertz CT molecular complexity index is 893. The van der Waals surface area contributed by atoms with Crippen molar-refractivity contribution in [2.24, 2.45) is 0 Å². The predicted molar refractivity (Wildman–Crippen MR) is 106 cm³/mol. The number of carbonyl (C=O) groups excluding carboxylic acids is 2. The van der Waals surface area contributed by atoms with Crippen LogP contribution in [0, 0.1) is 0 Å². The van der Waals surface area contributed by atoms with Crippen molar-refractivity contribution in [1.82, 2.24) is 4.90 Å². The Kier molecular flexibility index (Phi) is 5.99. The van der Waals surface area contributed by atoms with E-state index in [9.17, 15) is 14.7 Å². The lowest BCUT2D eigenvalue weighted by Gasteiger charge is -2.25. The molecule has 0 bridgehead atoms. The van der Waals surface area contributed by atoms with E-state index in [0.29, 0.717) is 22.6 Å². The summed E-state index contributed by atoms with van der Waals surface area (Å²) in [6.45, 7) is 0.104. The lowest BCUT2D eigenvalue weighted by Crippen LogP contribution is -2.31. The molecule has 2 N–H and O–H groups in total. The summed E-state index contributed by atoms with van der Waals surface area (Å²) in [7, 11) is 0. The zero-order valence-electron chi connectivity index (χ0n) is 14.2. The van der Waals surface area contributed by atoms with Gasteiger partial charge in [0.05, 0.1) is 11.6 Å². The molecule has 1 aliphatic heterocycles. The van der Waals surface area contributed by atoms with E-state index >= 15 is 0 Å². The van der Waals surface area contributed by atoms with Gasteiger partial charge in [0.1, 0.15) is 5.76 Å². The number of aliphatic hydroxyl groups excluding tert-OH is 2. The Labute approximate surface area is 170 Å². The molecule has 1 atom stereocenters. The van der Waals surface area contributed by atoms with E-state index in [-0.39, 0.29) is 24.5 Å². The van der Waals surface area contributed by atoms with Gasteiger partial charge in [-0.15, -0.1) is 0 Å². The number of benzene rings is 2. The summed E-state index contributed by atoms with van der Waals surface area (Å²) >= 11 is 9.26. The molecule has 1 amide bonds. The minimum Gasteiger partial charge on any atom is -0.507 e. The highest BCUT2D eigenvalue weighted by Crippen LogP contribution is 2.39. The molecule has 2 aromatic carbocycles. The second kappa shape index (κ2) is 8.25. The Balaban J connectivity index is 2.14. The van der Waals surface area contributed by atoms with Crippen molar-refractivity contribution in [3.8, 4) is 0 Å². The quantitative estimate of drug-likeness (QED) is 0.411. The molecule has 0 aromatic heterocycles. The molecule has 0 spiro atoms. The van der Waals surface area contributed by atoms with Crippen molar-refractivity contribution in [3.63, 3.8) is 0 Å². The van der Waals surface area contributed by atoms with Crippen LogP contribution >= 0.6 is 27.5 Å². The molecule has 3 rings (SSSR count). The first-order valence-electron chi connectivity index (χ1n) is 8.34. The Hall–Kier alpha value is -2.15. The maximum atomic E-state index is 12.7. The van der Waals surface area contributed by atoms with Crippen LogP contribution in [0.15, 0.2) is 58.6 Å². The van der Waals surface area contributed by atoms with Crippen molar-refractivity contribution in [2.75, 3.05) is 13.2 Å². The molecule has 2 aromatic rings. The lowest BCUT2D eigenvalue weighted by atomic mass is 9.95. The molecule has 0 radical (unpaired) electrons. The Morgan fingerprint density at radius 1 is 1.07 bits per heavy atom. The minimum absolute atomic E-state index is 0.0302. The lowest BCUT2D eigenvalue weighted by molar-refractivity contribution is -0.140. The van der Waals surface area contributed by atoms with Crippen LogP contribution in [0.3, 0.4) is 0 Å². The smallest absolute Gasteiger partial charge is 0.295 e. The van der Waals surface area contributed by atoms with Crippen LogP contribution in [0.2, 0.25) is 5.02 Å². The first-order chi connectivity index (χ1) is 12.9. The van der Waals surface area contributed by atoms with Crippen LogP contribution in [0.4, 0.5) is 0 Å². The number of carbonyl (C=O) groups is 2. The summed E-state index contributed by atoms with van der Waals surface area (Å²) in [4.78, 5) is 26.7. The van der Waals surface area contributed by atoms with Gasteiger partial charge in [-0.25, -0.2) is 0 Å². The van der Waals surface area contributed by atoms with Gasteiger partial charge in [0.15, 0.2) is 0 Å². The van der Waals surface area contributed by atoms with E-state index in [4.69, 9.17) is 16.7 Å². The Morgan fingerprint density at radius 2 is 1.70 bits per heavy atom. The molecule has 140 valence electrons. The zero-order chi connectivity index (χ0) is 19.6. The highest BCUT2D eigenvalue weighted by atomic mass is 79.9. The summed E-state index contributed by atoms with van der Waals surface area (Å²) in [6.07, 6.45) is 0.334. The van der Waals surface area contributed by atoms with Gasteiger partial charge >= 0.3 is 0 Å². The van der Waals surface area contributed by atoms with Gasteiger partial charge in [0.2, 0.25) is 0 Å². The first kappa shape index (κ1) is 19.6. The van der Waals surface area contributed by atoms with Crippen molar-refractivity contribution < 1.29 is 19.8 Å². The molecule has 5 nitrogen and oxygen atoms in total. The molecular weight excluding hydrogens is 434 g/mol. The SMILES string of the molecule is O=C1C(=O)N(CCCO)[C@H](c2ccc(Br)cc2)/C1=C(\O)c1ccc(Cl)cc1. The summed E-state index contributed by atoms with van der Waals surface area (Å²) in [5.74, 6) is -1.68. The van der Waals surface area contributed by atoms with Crippen LogP contribution in [-0.4, -0.2) is 40.0 Å². The molecule has 1 fully saturated rings. The third kappa shape index (κ3) is 3.93. The molecule has 1 aliphatic rings. The maximum Gasteiger partial charge on any atom is 0.295 e. The van der Waals surface area contributed by atoms with Crippen LogP contribution < -0.4 is 0 Å². The summed E-state index contributed by atoms with van der Waals surface area (Å²) in [5.41, 5.74) is 1.13. The molecule has 27 heavy (non-hydrogen) atoms. The number of nitrogens with zero attached hydrogens (tertiary/aromatic N) is 1. The third-order valence-corrected chi connectivity index (χ3v) is 5.18. The topological polar surface area (TPSA) is 77.8 Å². The first-order valence-corrected chi connectivity index (χ1v) is 9.52. The van der Waals surface area contributed by atoms with Crippen LogP contribution in [0.5, 0.6) is 0 Å². The number of hydrogen-bond acceptors (Lipinski definition) is 4. The number of halogens is 2. The molecule has 1 heterocycles. The molecule has 0 aliphatic carbocycles.